The third-order valence-corrected chi connectivity index (χ3v) is 6.79. The van der Waals surface area contributed by atoms with Crippen molar-refractivity contribution in [2.75, 3.05) is 6.61 Å². The third-order valence-electron chi connectivity index (χ3n) is 6.79. The molecule has 5 rings (SSSR count). The fourth-order valence-corrected chi connectivity index (χ4v) is 4.74. The summed E-state index contributed by atoms with van der Waals surface area (Å²) in [6.45, 7) is 4.51. The SMILES string of the molecule is CCOc1ccc2nc(-c3cccnc3)nc(C(C)=Cc3ccccc3C(=O)C(N)CCc3ccccc3)c2c1. The minimum Gasteiger partial charge on any atom is -0.494 e. The summed E-state index contributed by atoms with van der Waals surface area (Å²) in [6, 6.07) is 26.7. The summed E-state index contributed by atoms with van der Waals surface area (Å²) in [4.78, 5) is 27.5. The fourth-order valence-electron chi connectivity index (χ4n) is 4.74. The lowest BCUT2D eigenvalue weighted by atomic mass is 9.94. The summed E-state index contributed by atoms with van der Waals surface area (Å²) in [6.07, 6.45) is 6.80. The number of aromatic nitrogens is 3. The van der Waals surface area contributed by atoms with E-state index in [1.54, 1.807) is 12.4 Å². The Hall–Kier alpha value is -4.68. The van der Waals surface area contributed by atoms with Crippen LogP contribution in [0, 0.1) is 0 Å². The molecule has 1 unspecified atom stereocenters. The Morgan fingerprint density at radius 2 is 1.77 bits per heavy atom. The van der Waals surface area contributed by atoms with Gasteiger partial charge in [-0.25, -0.2) is 9.97 Å². The second-order valence-electron chi connectivity index (χ2n) is 9.66. The van der Waals surface area contributed by atoms with Crippen molar-refractivity contribution < 1.29 is 9.53 Å². The van der Waals surface area contributed by atoms with Crippen molar-refractivity contribution in [1.82, 2.24) is 15.0 Å². The molecule has 0 bridgehead atoms. The van der Waals surface area contributed by atoms with Crippen molar-refractivity contribution >= 4 is 28.3 Å². The number of benzene rings is 3. The fraction of sp³-hybridized carbons (Fsp3) is 0.176. The van der Waals surface area contributed by atoms with Gasteiger partial charge in [-0.2, -0.15) is 0 Å². The Balaban J connectivity index is 1.52. The van der Waals surface area contributed by atoms with Crippen molar-refractivity contribution in [3.05, 3.63) is 120 Å². The van der Waals surface area contributed by atoms with Crippen molar-refractivity contribution in [2.45, 2.75) is 32.7 Å². The molecule has 0 aliphatic carbocycles. The number of nitrogens with zero attached hydrogens (tertiary/aromatic N) is 3. The van der Waals surface area contributed by atoms with Crippen molar-refractivity contribution in [2.24, 2.45) is 5.73 Å². The lowest BCUT2D eigenvalue weighted by molar-refractivity contribution is 0.0957. The lowest BCUT2D eigenvalue weighted by Crippen LogP contribution is -2.31. The Morgan fingerprint density at radius 1 is 0.975 bits per heavy atom. The van der Waals surface area contributed by atoms with Crippen LogP contribution < -0.4 is 10.5 Å². The van der Waals surface area contributed by atoms with Crippen molar-refractivity contribution in [1.29, 1.82) is 0 Å². The number of carbonyl (C=O) groups excluding carboxylic acids is 1. The lowest BCUT2D eigenvalue weighted by Gasteiger charge is -2.14. The maximum atomic E-state index is 13.5. The minimum atomic E-state index is -0.596. The Labute approximate surface area is 234 Å². The Morgan fingerprint density at radius 3 is 2.55 bits per heavy atom. The molecule has 3 aromatic carbocycles. The highest BCUT2D eigenvalue weighted by Gasteiger charge is 2.19. The van der Waals surface area contributed by atoms with Crippen LogP contribution in [0.25, 0.3) is 33.9 Å². The van der Waals surface area contributed by atoms with Crippen LogP contribution in [0.2, 0.25) is 0 Å². The molecule has 0 saturated heterocycles. The molecular formula is C34H32N4O2. The second kappa shape index (κ2) is 12.5. The van der Waals surface area contributed by atoms with E-state index < -0.39 is 6.04 Å². The van der Waals surface area contributed by atoms with Gasteiger partial charge in [-0.05, 0) is 79.8 Å². The second-order valence-corrected chi connectivity index (χ2v) is 9.66. The molecule has 0 spiro atoms. The van der Waals surface area contributed by atoms with Gasteiger partial charge in [-0.1, -0.05) is 54.6 Å². The standard InChI is InChI=1S/C34H32N4O2/c1-3-40-27-16-18-31-29(21-27)32(38-34(37-31)26-13-9-19-36-22-26)23(2)20-25-12-7-8-14-28(25)33(39)30(35)17-15-24-10-5-4-6-11-24/h4-14,16,18-22,30H,3,15,17,35H2,1-2H3. The number of Topliss-reactive ketones (excluding diaryl/α,β-unsaturated/α-hetero) is 1. The number of hydrogen-bond donors (Lipinski definition) is 1. The zero-order valence-corrected chi connectivity index (χ0v) is 22.7. The highest BCUT2D eigenvalue weighted by molar-refractivity contribution is 6.05. The van der Waals surface area contributed by atoms with Gasteiger partial charge < -0.3 is 10.5 Å². The number of hydrogen-bond acceptors (Lipinski definition) is 6. The van der Waals surface area contributed by atoms with Gasteiger partial charge in [0.15, 0.2) is 11.6 Å². The van der Waals surface area contributed by atoms with Crippen molar-refractivity contribution in [3.63, 3.8) is 0 Å². The number of nitrogens with two attached hydrogens (primary N) is 1. The molecule has 40 heavy (non-hydrogen) atoms. The van der Waals surface area contributed by atoms with E-state index in [0.717, 1.165) is 45.5 Å². The number of carbonyl (C=O) groups is 1. The first kappa shape index (κ1) is 26.9. The van der Waals surface area contributed by atoms with Crippen LogP contribution in [-0.4, -0.2) is 33.4 Å². The number of ether oxygens (including phenoxy) is 1. The van der Waals surface area contributed by atoms with E-state index in [4.69, 9.17) is 20.4 Å². The Kier molecular flexibility index (Phi) is 8.38. The van der Waals surface area contributed by atoms with Gasteiger partial charge in [0, 0.05) is 28.9 Å². The van der Waals surface area contributed by atoms with Crippen molar-refractivity contribution in [3.8, 4) is 17.1 Å². The average Bonchev–Trinajstić information content (AvgIpc) is 3.00. The van der Waals surface area contributed by atoms with Gasteiger partial charge in [-0.15, -0.1) is 0 Å². The topological polar surface area (TPSA) is 91.0 Å². The predicted octanol–water partition coefficient (Wildman–Crippen LogP) is 6.79. The molecular weight excluding hydrogens is 496 g/mol. The van der Waals surface area contributed by atoms with Crippen LogP contribution in [0.1, 0.15) is 47.4 Å². The molecule has 6 nitrogen and oxygen atoms in total. The van der Waals surface area contributed by atoms with Crippen LogP contribution in [0.15, 0.2) is 97.3 Å². The number of allylic oxidation sites excluding steroid dienone is 1. The zero-order chi connectivity index (χ0) is 27.9. The van der Waals surface area contributed by atoms with Gasteiger partial charge in [0.1, 0.15) is 5.75 Å². The average molecular weight is 529 g/mol. The van der Waals surface area contributed by atoms with E-state index in [2.05, 4.69) is 17.1 Å². The first-order valence-corrected chi connectivity index (χ1v) is 13.5. The van der Waals surface area contributed by atoms with Gasteiger partial charge in [0.2, 0.25) is 0 Å². The molecule has 0 amide bonds. The molecule has 0 aliphatic heterocycles. The van der Waals surface area contributed by atoms with E-state index in [0.29, 0.717) is 24.4 Å². The number of rotatable bonds is 10. The van der Waals surface area contributed by atoms with Gasteiger partial charge in [0.25, 0.3) is 0 Å². The molecule has 2 N–H and O–H groups in total. The largest absolute Gasteiger partial charge is 0.494 e. The van der Waals surface area contributed by atoms with Crippen LogP contribution in [0.5, 0.6) is 5.75 Å². The van der Waals surface area contributed by atoms with Gasteiger partial charge in [-0.3, -0.25) is 9.78 Å². The quantitative estimate of drug-likeness (QED) is 0.201. The Bertz CT molecular complexity index is 1650. The number of pyridine rings is 1. The summed E-state index contributed by atoms with van der Waals surface area (Å²) in [5, 5.41) is 0.871. The van der Waals surface area contributed by atoms with E-state index in [-0.39, 0.29) is 5.78 Å². The van der Waals surface area contributed by atoms with Crippen LogP contribution in [0.3, 0.4) is 0 Å². The van der Waals surface area contributed by atoms with Crippen LogP contribution in [0.4, 0.5) is 0 Å². The molecule has 5 aromatic rings. The molecule has 0 fully saturated rings. The smallest absolute Gasteiger partial charge is 0.180 e. The summed E-state index contributed by atoms with van der Waals surface area (Å²) in [5.41, 5.74) is 12.3. The maximum Gasteiger partial charge on any atom is 0.180 e. The summed E-state index contributed by atoms with van der Waals surface area (Å²) in [5.74, 6) is 1.26. The third kappa shape index (κ3) is 6.14. The summed E-state index contributed by atoms with van der Waals surface area (Å²) >= 11 is 0. The molecule has 200 valence electrons. The van der Waals surface area contributed by atoms with Crippen LogP contribution in [-0.2, 0) is 6.42 Å². The van der Waals surface area contributed by atoms with Crippen LogP contribution >= 0.6 is 0 Å². The molecule has 0 saturated carbocycles. The summed E-state index contributed by atoms with van der Waals surface area (Å²) in [7, 11) is 0. The monoisotopic (exact) mass is 528 g/mol. The molecule has 2 heterocycles. The zero-order valence-electron chi connectivity index (χ0n) is 22.7. The van der Waals surface area contributed by atoms with E-state index >= 15 is 0 Å². The first-order valence-electron chi connectivity index (χ1n) is 13.5. The predicted molar refractivity (Wildman–Crippen MR) is 161 cm³/mol. The van der Waals surface area contributed by atoms with Gasteiger partial charge in [0.05, 0.1) is 23.9 Å². The van der Waals surface area contributed by atoms with Gasteiger partial charge >= 0.3 is 0 Å². The molecule has 0 aliphatic rings. The highest BCUT2D eigenvalue weighted by Crippen LogP contribution is 2.30. The minimum absolute atomic E-state index is 0.0715. The van der Waals surface area contributed by atoms with E-state index in [1.165, 1.54) is 5.56 Å². The molecule has 1 atom stereocenters. The van der Waals surface area contributed by atoms with E-state index in [9.17, 15) is 4.79 Å². The first-order chi connectivity index (χ1) is 19.5. The summed E-state index contributed by atoms with van der Waals surface area (Å²) < 4.78 is 5.77. The number of fused-ring (bicyclic) bond motifs is 1. The maximum absolute atomic E-state index is 13.5. The highest BCUT2D eigenvalue weighted by atomic mass is 16.5. The normalized spacial score (nSPS) is 12.3. The molecule has 0 radical (unpaired) electrons. The number of ketones is 1. The molecule has 2 aromatic heterocycles. The molecule has 6 heteroatoms. The number of aryl methyl sites for hydroxylation is 1. The van der Waals surface area contributed by atoms with E-state index in [1.807, 2.05) is 92.7 Å².